The van der Waals surface area contributed by atoms with Gasteiger partial charge >= 0.3 is 0 Å². The number of nitrogens with one attached hydrogen (secondary N) is 1. The first-order chi connectivity index (χ1) is 8.08. The van der Waals surface area contributed by atoms with Crippen molar-refractivity contribution in [3.63, 3.8) is 0 Å². The number of rotatable bonds is 2. The summed E-state index contributed by atoms with van der Waals surface area (Å²) in [5.74, 6) is -0.0503. The zero-order valence-electron chi connectivity index (χ0n) is 9.87. The zero-order chi connectivity index (χ0) is 12.4. The molecule has 0 spiro atoms. The fourth-order valence-electron chi connectivity index (χ4n) is 2.37. The van der Waals surface area contributed by atoms with E-state index in [1.807, 2.05) is 0 Å². The van der Waals surface area contributed by atoms with Crippen LogP contribution in [-0.4, -0.2) is 5.91 Å². The maximum atomic E-state index is 13.2. The van der Waals surface area contributed by atoms with Crippen molar-refractivity contribution in [1.29, 1.82) is 0 Å². The number of anilines is 2. The molecule has 4 heteroatoms. The highest BCUT2D eigenvalue weighted by Gasteiger charge is 2.29. The fraction of sp³-hybridized carbons (Fsp3) is 0.462. The van der Waals surface area contributed by atoms with E-state index in [0.29, 0.717) is 11.6 Å². The Morgan fingerprint density at radius 2 is 2.24 bits per heavy atom. The Morgan fingerprint density at radius 1 is 1.47 bits per heavy atom. The predicted molar refractivity (Wildman–Crippen MR) is 65.9 cm³/mol. The number of amides is 1. The van der Waals surface area contributed by atoms with E-state index in [1.54, 1.807) is 6.07 Å². The first-order valence-electron chi connectivity index (χ1n) is 5.94. The Balaban J connectivity index is 2.05. The molecule has 0 aliphatic heterocycles. The summed E-state index contributed by atoms with van der Waals surface area (Å²) in [6.07, 6.45) is 3.11. The highest BCUT2D eigenvalue weighted by atomic mass is 19.1. The number of halogens is 1. The SMILES string of the molecule is CC1CCCC1C(=O)Nc1ccc(N)c(F)c1. The zero-order valence-corrected chi connectivity index (χ0v) is 9.87. The average molecular weight is 236 g/mol. The van der Waals surface area contributed by atoms with Crippen molar-refractivity contribution in [1.82, 2.24) is 0 Å². The first-order valence-corrected chi connectivity index (χ1v) is 5.94. The van der Waals surface area contributed by atoms with Gasteiger partial charge in [0.2, 0.25) is 5.91 Å². The van der Waals surface area contributed by atoms with Gasteiger partial charge in [-0.3, -0.25) is 4.79 Å². The van der Waals surface area contributed by atoms with Crippen LogP contribution in [0.2, 0.25) is 0 Å². The molecule has 1 saturated carbocycles. The number of carbonyl (C=O) groups is 1. The molecule has 1 aliphatic carbocycles. The molecular weight excluding hydrogens is 219 g/mol. The molecule has 2 rings (SSSR count). The molecule has 2 unspecified atom stereocenters. The molecule has 92 valence electrons. The maximum absolute atomic E-state index is 13.2. The minimum atomic E-state index is -0.498. The van der Waals surface area contributed by atoms with Crippen LogP contribution in [0.5, 0.6) is 0 Å². The standard InChI is InChI=1S/C13H17FN2O/c1-8-3-2-4-10(8)13(17)16-9-5-6-12(15)11(14)7-9/h5-8,10H,2-4,15H2,1H3,(H,16,17). The molecule has 1 aromatic carbocycles. The summed E-state index contributed by atoms with van der Waals surface area (Å²) in [5.41, 5.74) is 5.94. The number of nitrogens with two attached hydrogens (primary N) is 1. The summed E-state index contributed by atoms with van der Waals surface area (Å²) in [4.78, 5) is 12.0. The summed E-state index contributed by atoms with van der Waals surface area (Å²) < 4.78 is 13.2. The van der Waals surface area contributed by atoms with Crippen LogP contribution in [-0.2, 0) is 4.79 Å². The lowest BCUT2D eigenvalue weighted by Crippen LogP contribution is -2.24. The number of hydrogen-bond donors (Lipinski definition) is 2. The van der Waals surface area contributed by atoms with Gasteiger partial charge in [-0.05, 0) is 37.0 Å². The molecule has 1 fully saturated rings. The van der Waals surface area contributed by atoms with Crippen molar-refractivity contribution in [2.45, 2.75) is 26.2 Å². The molecule has 0 bridgehead atoms. The second kappa shape index (κ2) is 4.73. The van der Waals surface area contributed by atoms with E-state index >= 15 is 0 Å². The van der Waals surface area contributed by atoms with Crippen LogP contribution in [0.3, 0.4) is 0 Å². The highest BCUT2D eigenvalue weighted by molar-refractivity contribution is 5.93. The van der Waals surface area contributed by atoms with E-state index in [2.05, 4.69) is 12.2 Å². The van der Waals surface area contributed by atoms with Crippen molar-refractivity contribution in [2.75, 3.05) is 11.1 Å². The molecule has 1 aliphatic rings. The smallest absolute Gasteiger partial charge is 0.227 e. The molecule has 3 N–H and O–H groups in total. The summed E-state index contributed by atoms with van der Waals surface area (Å²) in [7, 11) is 0. The summed E-state index contributed by atoms with van der Waals surface area (Å²) in [5, 5.41) is 2.75. The molecule has 1 amide bonds. The van der Waals surface area contributed by atoms with Gasteiger partial charge < -0.3 is 11.1 Å². The molecule has 1 aromatic rings. The summed E-state index contributed by atoms with van der Waals surface area (Å²) in [6.45, 7) is 2.08. The molecule has 17 heavy (non-hydrogen) atoms. The van der Waals surface area contributed by atoms with E-state index in [4.69, 9.17) is 5.73 Å². The Morgan fingerprint density at radius 3 is 2.82 bits per heavy atom. The third-order valence-electron chi connectivity index (χ3n) is 3.47. The lowest BCUT2D eigenvalue weighted by atomic mass is 9.97. The Hall–Kier alpha value is -1.58. The van der Waals surface area contributed by atoms with Crippen molar-refractivity contribution in [3.8, 4) is 0 Å². The normalized spacial score (nSPS) is 23.6. The molecular formula is C13H17FN2O. The highest BCUT2D eigenvalue weighted by Crippen LogP contribution is 2.32. The van der Waals surface area contributed by atoms with E-state index < -0.39 is 5.82 Å². The maximum Gasteiger partial charge on any atom is 0.227 e. The van der Waals surface area contributed by atoms with Crippen molar-refractivity contribution in [2.24, 2.45) is 11.8 Å². The van der Waals surface area contributed by atoms with E-state index in [1.165, 1.54) is 12.1 Å². The van der Waals surface area contributed by atoms with Crippen LogP contribution >= 0.6 is 0 Å². The van der Waals surface area contributed by atoms with Gasteiger partial charge in [0.15, 0.2) is 0 Å². The van der Waals surface area contributed by atoms with Gasteiger partial charge in [0.1, 0.15) is 5.82 Å². The van der Waals surface area contributed by atoms with Crippen LogP contribution in [0.15, 0.2) is 18.2 Å². The van der Waals surface area contributed by atoms with Crippen LogP contribution in [0, 0.1) is 17.7 Å². The minimum Gasteiger partial charge on any atom is -0.396 e. The van der Waals surface area contributed by atoms with Gasteiger partial charge in [0, 0.05) is 11.6 Å². The van der Waals surface area contributed by atoms with E-state index in [0.717, 1.165) is 19.3 Å². The number of hydrogen-bond acceptors (Lipinski definition) is 2. The molecule has 0 aromatic heterocycles. The predicted octanol–water partition coefficient (Wildman–Crippen LogP) is 2.78. The lowest BCUT2D eigenvalue weighted by molar-refractivity contribution is -0.120. The molecule has 3 nitrogen and oxygen atoms in total. The van der Waals surface area contributed by atoms with E-state index in [-0.39, 0.29) is 17.5 Å². The largest absolute Gasteiger partial charge is 0.396 e. The Bertz CT molecular complexity index is 433. The molecule has 0 heterocycles. The third-order valence-corrected chi connectivity index (χ3v) is 3.47. The topological polar surface area (TPSA) is 55.1 Å². The average Bonchev–Trinajstić information content (AvgIpc) is 2.70. The van der Waals surface area contributed by atoms with Crippen molar-refractivity contribution < 1.29 is 9.18 Å². The van der Waals surface area contributed by atoms with Crippen LogP contribution in [0.1, 0.15) is 26.2 Å². The number of nitrogen functional groups attached to an aromatic ring is 1. The van der Waals surface area contributed by atoms with E-state index in [9.17, 15) is 9.18 Å². The van der Waals surface area contributed by atoms with Crippen molar-refractivity contribution >= 4 is 17.3 Å². The lowest BCUT2D eigenvalue weighted by Gasteiger charge is -2.15. The van der Waals surface area contributed by atoms with Crippen LogP contribution in [0.4, 0.5) is 15.8 Å². The van der Waals surface area contributed by atoms with Crippen molar-refractivity contribution in [3.05, 3.63) is 24.0 Å². The molecule has 2 atom stereocenters. The Kier molecular flexibility index (Phi) is 3.31. The first kappa shape index (κ1) is 11.9. The quantitative estimate of drug-likeness (QED) is 0.776. The van der Waals surface area contributed by atoms with Gasteiger partial charge in [-0.1, -0.05) is 13.3 Å². The van der Waals surface area contributed by atoms with Crippen LogP contribution in [0.25, 0.3) is 0 Å². The fourth-order valence-corrected chi connectivity index (χ4v) is 2.37. The second-order valence-electron chi connectivity index (χ2n) is 4.74. The van der Waals surface area contributed by atoms with Gasteiger partial charge in [-0.15, -0.1) is 0 Å². The van der Waals surface area contributed by atoms with Crippen LogP contribution < -0.4 is 11.1 Å². The van der Waals surface area contributed by atoms with Gasteiger partial charge in [-0.25, -0.2) is 4.39 Å². The summed E-state index contributed by atoms with van der Waals surface area (Å²) in [6, 6.07) is 4.34. The monoisotopic (exact) mass is 236 g/mol. The number of carbonyl (C=O) groups excluding carboxylic acids is 1. The Labute approximate surface area is 100 Å². The third kappa shape index (κ3) is 2.57. The van der Waals surface area contributed by atoms with Gasteiger partial charge in [-0.2, -0.15) is 0 Å². The summed E-state index contributed by atoms with van der Waals surface area (Å²) >= 11 is 0. The molecule has 0 saturated heterocycles. The minimum absolute atomic E-state index is 0.0147. The molecule has 0 radical (unpaired) electrons. The van der Waals surface area contributed by atoms with Gasteiger partial charge in [0.05, 0.1) is 5.69 Å². The second-order valence-corrected chi connectivity index (χ2v) is 4.74. The number of benzene rings is 1. The van der Waals surface area contributed by atoms with Gasteiger partial charge in [0.25, 0.3) is 0 Å².